The summed E-state index contributed by atoms with van der Waals surface area (Å²) in [5, 5.41) is 6.43. The van der Waals surface area contributed by atoms with Crippen LogP contribution in [-0.4, -0.2) is 25.7 Å². The van der Waals surface area contributed by atoms with Gasteiger partial charge in [0.2, 0.25) is 0 Å². The fraction of sp³-hybridized carbons (Fsp3) is 0.125. The molecule has 1 amide bonds. The number of hydrogen-bond acceptors (Lipinski definition) is 4. The molecular weight excluding hydrogens is 335 g/mol. The van der Waals surface area contributed by atoms with Crippen LogP contribution < -0.4 is 5.32 Å². The Morgan fingerprint density at radius 2 is 2.00 bits per heavy atom. The Balaban J connectivity index is 2.00. The second kappa shape index (κ2) is 6.34. The van der Waals surface area contributed by atoms with Crippen LogP contribution in [0.25, 0.3) is 5.69 Å². The lowest BCUT2D eigenvalue weighted by atomic mass is 10.1. The van der Waals surface area contributed by atoms with Crippen LogP contribution >= 0.6 is 0 Å². The smallest absolute Gasteiger partial charge is 0.319 e. The number of benzene rings is 1. The van der Waals surface area contributed by atoms with Crippen LogP contribution in [0.4, 0.5) is 18.9 Å². The largest absolute Gasteiger partial charge is 0.416 e. The van der Waals surface area contributed by atoms with Gasteiger partial charge < -0.3 is 5.32 Å². The summed E-state index contributed by atoms with van der Waals surface area (Å²) in [5.41, 5.74) is -0.00621. The minimum atomic E-state index is -4.54. The summed E-state index contributed by atoms with van der Waals surface area (Å²) in [4.78, 5) is 20.2. The molecule has 25 heavy (non-hydrogen) atoms. The summed E-state index contributed by atoms with van der Waals surface area (Å²) in [5.74, 6) is -0.666. The molecule has 6 nitrogen and oxygen atoms in total. The number of carbonyl (C=O) groups is 1. The van der Waals surface area contributed by atoms with E-state index in [0.29, 0.717) is 11.4 Å². The van der Waals surface area contributed by atoms with Crippen molar-refractivity contribution in [1.82, 2.24) is 19.7 Å². The fourth-order valence-corrected chi connectivity index (χ4v) is 2.12. The molecule has 2 heterocycles. The van der Waals surface area contributed by atoms with Gasteiger partial charge in [-0.05, 0) is 31.2 Å². The lowest BCUT2D eigenvalue weighted by molar-refractivity contribution is -0.137. The number of nitrogens with one attached hydrogen (secondary N) is 1. The molecule has 0 bridgehead atoms. The number of alkyl halides is 3. The molecule has 0 fully saturated rings. The van der Waals surface area contributed by atoms with E-state index < -0.39 is 17.6 Å². The predicted molar refractivity (Wildman–Crippen MR) is 83.3 cm³/mol. The molecule has 0 radical (unpaired) electrons. The van der Waals surface area contributed by atoms with Crippen molar-refractivity contribution in [2.24, 2.45) is 0 Å². The Morgan fingerprint density at radius 1 is 1.20 bits per heavy atom. The van der Waals surface area contributed by atoms with E-state index in [9.17, 15) is 18.0 Å². The average molecular weight is 347 g/mol. The number of hydrogen-bond donors (Lipinski definition) is 1. The summed E-state index contributed by atoms with van der Waals surface area (Å²) in [6.45, 7) is 1.71. The van der Waals surface area contributed by atoms with Gasteiger partial charge in [-0.25, -0.2) is 9.67 Å². The van der Waals surface area contributed by atoms with Crippen molar-refractivity contribution in [2.75, 3.05) is 5.32 Å². The summed E-state index contributed by atoms with van der Waals surface area (Å²) in [6, 6.07) is 4.65. The van der Waals surface area contributed by atoms with E-state index >= 15 is 0 Å². The SMILES string of the molecule is Cc1cnc(C(=O)Nc2cc(C(F)(F)F)ccc2-n2cccn2)cn1. The van der Waals surface area contributed by atoms with Crippen molar-refractivity contribution in [3.63, 3.8) is 0 Å². The van der Waals surface area contributed by atoms with Gasteiger partial charge in [0.05, 0.1) is 28.8 Å². The molecule has 0 atom stereocenters. The van der Waals surface area contributed by atoms with Crippen LogP contribution in [0.15, 0.2) is 49.1 Å². The summed E-state index contributed by atoms with van der Waals surface area (Å²) < 4.78 is 40.3. The third kappa shape index (κ3) is 3.65. The van der Waals surface area contributed by atoms with Crippen molar-refractivity contribution in [3.8, 4) is 5.69 Å². The lowest BCUT2D eigenvalue weighted by Crippen LogP contribution is -2.17. The van der Waals surface area contributed by atoms with Gasteiger partial charge in [-0.1, -0.05) is 0 Å². The number of halogens is 3. The molecule has 3 rings (SSSR count). The molecule has 0 aliphatic carbocycles. The molecule has 2 aromatic heterocycles. The van der Waals surface area contributed by atoms with Gasteiger partial charge in [-0.15, -0.1) is 0 Å². The third-order valence-electron chi connectivity index (χ3n) is 3.34. The van der Waals surface area contributed by atoms with Crippen molar-refractivity contribution < 1.29 is 18.0 Å². The van der Waals surface area contributed by atoms with Gasteiger partial charge in [0.15, 0.2) is 0 Å². The second-order valence-corrected chi connectivity index (χ2v) is 5.18. The normalized spacial score (nSPS) is 11.4. The zero-order chi connectivity index (χ0) is 18.0. The molecule has 1 N–H and O–H groups in total. The topological polar surface area (TPSA) is 72.7 Å². The van der Waals surface area contributed by atoms with Crippen molar-refractivity contribution >= 4 is 11.6 Å². The number of aromatic nitrogens is 4. The number of anilines is 1. The van der Waals surface area contributed by atoms with E-state index in [0.717, 1.165) is 12.1 Å². The van der Waals surface area contributed by atoms with Gasteiger partial charge in [-0.2, -0.15) is 18.3 Å². The summed E-state index contributed by atoms with van der Waals surface area (Å²) in [7, 11) is 0. The molecule has 0 spiro atoms. The first-order chi connectivity index (χ1) is 11.8. The highest BCUT2D eigenvalue weighted by molar-refractivity contribution is 6.03. The monoisotopic (exact) mass is 347 g/mol. The first-order valence-electron chi connectivity index (χ1n) is 7.16. The van der Waals surface area contributed by atoms with Gasteiger partial charge in [0.1, 0.15) is 5.69 Å². The Labute approximate surface area is 140 Å². The third-order valence-corrected chi connectivity index (χ3v) is 3.34. The van der Waals surface area contributed by atoms with Crippen LogP contribution in [0.3, 0.4) is 0 Å². The van der Waals surface area contributed by atoms with Crippen molar-refractivity contribution in [3.05, 3.63) is 66.0 Å². The standard InChI is InChI=1S/C16H12F3N5O/c1-10-8-21-13(9-20-10)15(25)23-12-7-11(16(17,18)19)3-4-14(12)24-6-2-5-22-24/h2-9H,1H3,(H,23,25). The molecule has 0 saturated heterocycles. The molecular formula is C16H12F3N5O. The van der Waals surface area contributed by atoms with Crippen molar-refractivity contribution in [1.29, 1.82) is 0 Å². The fourth-order valence-electron chi connectivity index (χ4n) is 2.12. The molecule has 0 saturated carbocycles. The Kier molecular flexibility index (Phi) is 4.22. The maximum Gasteiger partial charge on any atom is 0.416 e. The number of nitrogens with zero attached hydrogens (tertiary/aromatic N) is 4. The minimum absolute atomic E-state index is 0.00516. The zero-order valence-corrected chi connectivity index (χ0v) is 12.9. The number of amides is 1. The number of carbonyl (C=O) groups excluding carboxylic acids is 1. The van der Waals surface area contributed by atoms with Gasteiger partial charge in [0, 0.05) is 18.6 Å². The molecule has 3 aromatic rings. The molecule has 0 aliphatic rings. The van der Waals surface area contributed by atoms with Gasteiger partial charge in [0.25, 0.3) is 5.91 Å². The average Bonchev–Trinajstić information content (AvgIpc) is 3.08. The van der Waals surface area contributed by atoms with Gasteiger partial charge in [-0.3, -0.25) is 9.78 Å². The zero-order valence-electron chi connectivity index (χ0n) is 12.9. The number of rotatable bonds is 3. The molecule has 0 unspecified atom stereocenters. The first kappa shape index (κ1) is 16.6. The van der Waals surface area contributed by atoms with E-state index in [1.807, 2.05) is 0 Å². The highest BCUT2D eigenvalue weighted by Crippen LogP contribution is 2.33. The van der Waals surface area contributed by atoms with E-state index in [1.54, 1.807) is 19.2 Å². The maximum atomic E-state index is 13.0. The van der Waals surface area contributed by atoms with Crippen LogP contribution in [0.5, 0.6) is 0 Å². The first-order valence-corrected chi connectivity index (χ1v) is 7.16. The van der Waals surface area contributed by atoms with Gasteiger partial charge >= 0.3 is 6.18 Å². The van der Waals surface area contributed by atoms with Crippen LogP contribution in [-0.2, 0) is 6.18 Å². The molecule has 128 valence electrons. The minimum Gasteiger partial charge on any atom is -0.319 e. The Hall–Kier alpha value is -3.23. The van der Waals surface area contributed by atoms with E-state index in [4.69, 9.17) is 0 Å². The van der Waals surface area contributed by atoms with E-state index in [-0.39, 0.29) is 11.4 Å². The molecule has 9 heteroatoms. The van der Waals surface area contributed by atoms with Crippen molar-refractivity contribution in [2.45, 2.75) is 13.1 Å². The highest BCUT2D eigenvalue weighted by Gasteiger charge is 2.31. The lowest BCUT2D eigenvalue weighted by Gasteiger charge is -2.14. The molecule has 1 aromatic carbocycles. The second-order valence-electron chi connectivity index (χ2n) is 5.18. The molecule has 0 aliphatic heterocycles. The van der Waals surface area contributed by atoms with E-state index in [1.165, 1.54) is 29.3 Å². The van der Waals surface area contributed by atoms with Crippen LogP contribution in [0.2, 0.25) is 0 Å². The maximum absolute atomic E-state index is 13.0. The highest BCUT2D eigenvalue weighted by atomic mass is 19.4. The Morgan fingerprint density at radius 3 is 2.60 bits per heavy atom. The van der Waals surface area contributed by atoms with E-state index in [2.05, 4.69) is 20.4 Å². The van der Waals surface area contributed by atoms with Crippen LogP contribution in [0.1, 0.15) is 21.7 Å². The number of aryl methyl sites for hydroxylation is 1. The summed E-state index contributed by atoms with van der Waals surface area (Å²) in [6.07, 6.45) is 1.16. The Bertz CT molecular complexity index is 889. The summed E-state index contributed by atoms with van der Waals surface area (Å²) >= 11 is 0. The quantitative estimate of drug-likeness (QED) is 0.789. The predicted octanol–water partition coefficient (Wildman–Crippen LogP) is 3.24. The van der Waals surface area contributed by atoms with Crippen LogP contribution in [0, 0.1) is 6.92 Å².